The molecule has 0 saturated carbocycles. The van der Waals surface area contributed by atoms with Gasteiger partial charge in [0.2, 0.25) is 0 Å². The maximum atomic E-state index is 6.12. The molecule has 0 aromatic rings. The molecule has 2 aliphatic rings. The number of rotatable bonds is 4. The van der Waals surface area contributed by atoms with Crippen LogP contribution < -0.4 is 0 Å². The SMILES string of the molecule is CC(C)C[C@]12CO[C@@H](C1OC(C)C)[C@H](C)O2. The summed E-state index contributed by atoms with van der Waals surface area (Å²) in [6.45, 7) is 11.4. The van der Waals surface area contributed by atoms with Crippen LogP contribution in [0.2, 0.25) is 0 Å². The van der Waals surface area contributed by atoms with Crippen molar-refractivity contribution in [1.82, 2.24) is 0 Å². The number of ether oxygens (including phenoxy) is 3. The molecule has 3 heteroatoms. The lowest BCUT2D eigenvalue weighted by Crippen LogP contribution is -2.44. The lowest BCUT2D eigenvalue weighted by molar-refractivity contribution is -0.149. The molecule has 2 rings (SSSR count). The van der Waals surface area contributed by atoms with Gasteiger partial charge in [0, 0.05) is 0 Å². The zero-order valence-corrected chi connectivity index (χ0v) is 11.0. The van der Waals surface area contributed by atoms with Crippen molar-refractivity contribution in [2.75, 3.05) is 6.61 Å². The monoisotopic (exact) mass is 228 g/mol. The zero-order chi connectivity index (χ0) is 11.9. The quantitative estimate of drug-likeness (QED) is 0.739. The van der Waals surface area contributed by atoms with Crippen LogP contribution in [0.5, 0.6) is 0 Å². The van der Waals surface area contributed by atoms with E-state index in [1.807, 2.05) is 0 Å². The van der Waals surface area contributed by atoms with Crippen LogP contribution in [0.3, 0.4) is 0 Å². The fourth-order valence-corrected chi connectivity index (χ4v) is 3.04. The van der Waals surface area contributed by atoms with Gasteiger partial charge in [-0.3, -0.25) is 0 Å². The Morgan fingerprint density at radius 3 is 2.50 bits per heavy atom. The third-order valence-electron chi connectivity index (χ3n) is 3.39. The number of hydrogen-bond acceptors (Lipinski definition) is 3. The predicted molar refractivity (Wildman–Crippen MR) is 62.5 cm³/mol. The van der Waals surface area contributed by atoms with E-state index in [0.717, 1.165) is 6.42 Å². The minimum atomic E-state index is -0.192. The van der Waals surface area contributed by atoms with Crippen LogP contribution >= 0.6 is 0 Å². The first-order chi connectivity index (χ1) is 7.44. The molecule has 0 amide bonds. The summed E-state index contributed by atoms with van der Waals surface area (Å²) in [6.07, 6.45) is 1.66. The Bertz CT molecular complexity index is 252. The molecule has 0 aromatic heterocycles. The second-order valence-electron chi connectivity index (χ2n) is 5.87. The number of fused-ring (bicyclic) bond motifs is 2. The molecule has 4 atom stereocenters. The molecule has 16 heavy (non-hydrogen) atoms. The van der Waals surface area contributed by atoms with E-state index in [1.165, 1.54) is 0 Å². The van der Waals surface area contributed by atoms with Crippen molar-refractivity contribution >= 4 is 0 Å². The third-order valence-corrected chi connectivity index (χ3v) is 3.39. The normalized spacial score (nSPS) is 42.6. The molecule has 2 heterocycles. The van der Waals surface area contributed by atoms with E-state index in [2.05, 4.69) is 34.6 Å². The molecule has 0 N–H and O–H groups in total. The molecular weight excluding hydrogens is 204 g/mol. The highest BCUT2D eigenvalue weighted by molar-refractivity contribution is 5.08. The first-order valence-corrected chi connectivity index (χ1v) is 6.39. The highest BCUT2D eigenvalue weighted by Crippen LogP contribution is 2.45. The van der Waals surface area contributed by atoms with Crippen LogP contribution in [-0.2, 0) is 14.2 Å². The fourth-order valence-electron chi connectivity index (χ4n) is 3.04. The maximum absolute atomic E-state index is 6.12. The van der Waals surface area contributed by atoms with Gasteiger partial charge in [-0.25, -0.2) is 0 Å². The van der Waals surface area contributed by atoms with E-state index >= 15 is 0 Å². The Morgan fingerprint density at radius 2 is 2.00 bits per heavy atom. The Kier molecular flexibility index (Phi) is 3.30. The van der Waals surface area contributed by atoms with Gasteiger partial charge in [0.25, 0.3) is 0 Å². The van der Waals surface area contributed by atoms with Crippen molar-refractivity contribution in [3.05, 3.63) is 0 Å². The van der Waals surface area contributed by atoms with Gasteiger partial charge in [-0.05, 0) is 33.1 Å². The summed E-state index contributed by atoms with van der Waals surface area (Å²) in [4.78, 5) is 0. The molecule has 0 aliphatic carbocycles. The van der Waals surface area contributed by atoms with Crippen LogP contribution in [0.4, 0.5) is 0 Å². The van der Waals surface area contributed by atoms with Crippen LogP contribution in [-0.4, -0.2) is 36.6 Å². The van der Waals surface area contributed by atoms with Crippen molar-refractivity contribution in [3.8, 4) is 0 Å². The minimum absolute atomic E-state index is 0.116. The van der Waals surface area contributed by atoms with Crippen molar-refractivity contribution < 1.29 is 14.2 Å². The standard InChI is InChI=1S/C13H24O3/c1-8(2)6-13-7-14-11(10(5)16-13)12(13)15-9(3)4/h8-12H,6-7H2,1-5H3/t10-,11+,12?,13-/m0/s1. The smallest absolute Gasteiger partial charge is 0.121 e. The van der Waals surface area contributed by atoms with Crippen molar-refractivity contribution in [2.24, 2.45) is 5.92 Å². The first kappa shape index (κ1) is 12.3. The Balaban J connectivity index is 2.14. The summed E-state index contributed by atoms with van der Waals surface area (Å²) < 4.78 is 18.0. The molecule has 0 spiro atoms. The lowest BCUT2D eigenvalue weighted by Gasteiger charge is -2.32. The maximum Gasteiger partial charge on any atom is 0.121 e. The van der Waals surface area contributed by atoms with Gasteiger partial charge in [-0.1, -0.05) is 13.8 Å². The second kappa shape index (κ2) is 4.28. The first-order valence-electron chi connectivity index (χ1n) is 6.39. The third kappa shape index (κ3) is 2.01. The fraction of sp³-hybridized carbons (Fsp3) is 1.00. The van der Waals surface area contributed by atoms with Crippen LogP contribution in [0.25, 0.3) is 0 Å². The molecule has 0 radical (unpaired) electrons. The topological polar surface area (TPSA) is 27.7 Å². The van der Waals surface area contributed by atoms with E-state index in [0.29, 0.717) is 12.5 Å². The van der Waals surface area contributed by atoms with Crippen molar-refractivity contribution in [2.45, 2.75) is 71.1 Å². The zero-order valence-electron chi connectivity index (χ0n) is 11.0. The molecule has 3 nitrogen and oxygen atoms in total. The van der Waals surface area contributed by atoms with Gasteiger partial charge >= 0.3 is 0 Å². The molecule has 2 bridgehead atoms. The number of hydrogen-bond donors (Lipinski definition) is 0. The molecule has 2 saturated heterocycles. The Morgan fingerprint density at radius 1 is 1.31 bits per heavy atom. The minimum Gasteiger partial charge on any atom is -0.370 e. The molecule has 2 fully saturated rings. The molecule has 1 unspecified atom stereocenters. The van der Waals surface area contributed by atoms with Gasteiger partial charge in [0.1, 0.15) is 17.8 Å². The summed E-state index contributed by atoms with van der Waals surface area (Å²) in [5, 5.41) is 0. The van der Waals surface area contributed by atoms with Gasteiger partial charge in [0.05, 0.1) is 18.8 Å². The van der Waals surface area contributed by atoms with Crippen LogP contribution in [0.1, 0.15) is 41.0 Å². The van der Waals surface area contributed by atoms with Crippen molar-refractivity contribution in [3.63, 3.8) is 0 Å². The molecule has 2 aliphatic heterocycles. The Labute approximate surface area is 98.4 Å². The van der Waals surface area contributed by atoms with E-state index in [1.54, 1.807) is 0 Å². The van der Waals surface area contributed by atoms with E-state index < -0.39 is 0 Å². The summed E-state index contributed by atoms with van der Waals surface area (Å²) in [5.74, 6) is 0.603. The van der Waals surface area contributed by atoms with Crippen LogP contribution in [0.15, 0.2) is 0 Å². The average molecular weight is 228 g/mol. The summed E-state index contributed by atoms with van der Waals surface area (Å²) in [7, 11) is 0. The van der Waals surface area contributed by atoms with Crippen molar-refractivity contribution in [1.29, 1.82) is 0 Å². The molecule has 0 aromatic carbocycles. The lowest BCUT2D eigenvalue weighted by atomic mass is 9.89. The van der Waals surface area contributed by atoms with Crippen LogP contribution in [0, 0.1) is 5.92 Å². The highest BCUT2D eigenvalue weighted by Gasteiger charge is 2.60. The Hall–Kier alpha value is -0.120. The van der Waals surface area contributed by atoms with E-state index in [-0.39, 0.29) is 30.0 Å². The summed E-state index contributed by atoms with van der Waals surface area (Å²) in [5.41, 5.74) is -0.192. The predicted octanol–water partition coefficient (Wildman–Crippen LogP) is 2.38. The van der Waals surface area contributed by atoms with Gasteiger partial charge in [0.15, 0.2) is 0 Å². The second-order valence-corrected chi connectivity index (χ2v) is 5.87. The van der Waals surface area contributed by atoms with E-state index in [4.69, 9.17) is 14.2 Å². The van der Waals surface area contributed by atoms with Gasteiger partial charge in [-0.2, -0.15) is 0 Å². The van der Waals surface area contributed by atoms with Gasteiger partial charge < -0.3 is 14.2 Å². The average Bonchev–Trinajstić information content (AvgIpc) is 2.54. The molecular formula is C13H24O3. The largest absolute Gasteiger partial charge is 0.370 e. The summed E-state index contributed by atoms with van der Waals surface area (Å²) >= 11 is 0. The highest BCUT2D eigenvalue weighted by atomic mass is 16.7. The van der Waals surface area contributed by atoms with E-state index in [9.17, 15) is 0 Å². The summed E-state index contributed by atoms with van der Waals surface area (Å²) in [6, 6.07) is 0. The van der Waals surface area contributed by atoms with Gasteiger partial charge in [-0.15, -0.1) is 0 Å². The molecule has 94 valence electrons.